The molecule has 0 fully saturated rings. The molecule has 0 aliphatic rings. The Morgan fingerprint density at radius 2 is 1.72 bits per heavy atom. The van der Waals surface area contributed by atoms with E-state index in [0.29, 0.717) is 12.5 Å². The van der Waals surface area contributed by atoms with Crippen LogP contribution in [0.25, 0.3) is 0 Å². The van der Waals surface area contributed by atoms with Crippen molar-refractivity contribution in [3.8, 4) is 0 Å². The maximum atomic E-state index is 5.89. The molecule has 0 spiro atoms. The average Bonchev–Trinajstić information content (AvgIpc) is 2.37. The zero-order valence-electron chi connectivity index (χ0n) is 12.0. The standard InChI is InChI=1S/C15H26N2O/c1-12(2)13-5-7-14(8-6-13)15(11-16)17(3)9-10-18-4/h5-8,12,15H,9-11,16H2,1-4H3. The molecule has 2 N–H and O–H groups in total. The highest BCUT2D eigenvalue weighted by molar-refractivity contribution is 5.27. The monoisotopic (exact) mass is 250 g/mol. The summed E-state index contributed by atoms with van der Waals surface area (Å²) in [4.78, 5) is 2.24. The smallest absolute Gasteiger partial charge is 0.0589 e. The summed E-state index contributed by atoms with van der Waals surface area (Å²) in [7, 11) is 3.82. The topological polar surface area (TPSA) is 38.5 Å². The fourth-order valence-electron chi connectivity index (χ4n) is 2.06. The molecule has 0 amide bonds. The van der Waals surface area contributed by atoms with E-state index >= 15 is 0 Å². The first-order valence-corrected chi connectivity index (χ1v) is 6.59. The number of hydrogen-bond donors (Lipinski definition) is 1. The van der Waals surface area contributed by atoms with Crippen LogP contribution in [-0.2, 0) is 4.74 Å². The Hall–Kier alpha value is -0.900. The molecule has 1 aromatic carbocycles. The number of nitrogens with zero attached hydrogens (tertiary/aromatic N) is 1. The number of hydrogen-bond acceptors (Lipinski definition) is 3. The molecule has 1 unspecified atom stereocenters. The van der Waals surface area contributed by atoms with Crippen LogP contribution in [0.1, 0.15) is 36.9 Å². The van der Waals surface area contributed by atoms with E-state index in [9.17, 15) is 0 Å². The largest absolute Gasteiger partial charge is 0.383 e. The van der Waals surface area contributed by atoms with E-state index in [0.717, 1.165) is 13.2 Å². The van der Waals surface area contributed by atoms with Gasteiger partial charge in [0, 0.05) is 26.2 Å². The van der Waals surface area contributed by atoms with E-state index in [2.05, 4.69) is 50.1 Å². The third kappa shape index (κ3) is 4.09. The molecule has 0 aliphatic carbocycles. The second-order valence-electron chi connectivity index (χ2n) is 5.05. The van der Waals surface area contributed by atoms with Crippen molar-refractivity contribution >= 4 is 0 Å². The van der Waals surface area contributed by atoms with Gasteiger partial charge in [0.2, 0.25) is 0 Å². The molecule has 0 bridgehead atoms. The van der Waals surface area contributed by atoms with E-state index in [4.69, 9.17) is 10.5 Å². The van der Waals surface area contributed by atoms with Crippen molar-refractivity contribution < 1.29 is 4.74 Å². The summed E-state index contributed by atoms with van der Waals surface area (Å²) in [5.41, 5.74) is 8.54. The summed E-state index contributed by atoms with van der Waals surface area (Å²) in [6, 6.07) is 9.05. The van der Waals surface area contributed by atoms with Gasteiger partial charge in [0.15, 0.2) is 0 Å². The zero-order chi connectivity index (χ0) is 13.5. The summed E-state index contributed by atoms with van der Waals surface area (Å²) in [5, 5.41) is 0. The molecule has 102 valence electrons. The van der Waals surface area contributed by atoms with Crippen LogP contribution in [0.3, 0.4) is 0 Å². The summed E-state index contributed by atoms with van der Waals surface area (Å²) in [6.45, 7) is 6.67. The molecule has 0 heterocycles. The van der Waals surface area contributed by atoms with Crippen molar-refractivity contribution in [2.24, 2.45) is 5.73 Å². The molecule has 1 rings (SSSR count). The highest BCUT2D eigenvalue weighted by atomic mass is 16.5. The lowest BCUT2D eigenvalue weighted by molar-refractivity contribution is 0.140. The van der Waals surface area contributed by atoms with Gasteiger partial charge in [-0.1, -0.05) is 38.1 Å². The first-order valence-electron chi connectivity index (χ1n) is 6.59. The minimum Gasteiger partial charge on any atom is -0.383 e. The maximum Gasteiger partial charge on any atom is 0.0589 e. The van der Waals surface area contributed by atoms with Crippen molar-refractivity contribution in [3.63, 3.8) is 0 Å². The molecule has 3 heteroatoms. The fraction of sp³-hybridized carbons (Fsp3) is 0.600. The molecular weight excluding hydrogens is 224 g/mol. The number of methoxy groups -OCH3 is 1. The Balaban J connectivity index is 2.75. The first kappa shape index (κ1) is 15.2. The van der Waals surface area contributed by atoms with Crippen molar-refractivity contribution in [1.29, 1.82) is 0 Å². The molecule has 18 heavy (non-hydrogen) atoms. The number of rotatable bonds is 7. The molecular formula is C15H26N2O. The number of nitrogens with two attached hydrogens (primary N) is 1. The average molecular weight is 250 g/mol. The Kier molecular flexibility index (Phi) is 6.33. The van der Waals surface area contributed by atoms with Gasteiger partial charge in [-0.25, -0.2) is 0 Å². The summed E-state index contributed by atoms with van der Waals surface area (Å²) < 4.78 is 5.11. The van der Waals surface area contributed by atoms with Crippen LogP contribution in [-0.4, -0.2) is 38.8 Å². The van der Waals surface area contributed by atoms with Crippen molar-refractivity contribution in [3.05, 3.63) is 35.4 Å². The Labute approximate surface area is 111 Å². The molecule has 0 saturated heterocycles. The molecule has 3 nitrogen and oxygen atoms in total. The van der Waals surface area contributed by atoms with Crippen LogP contribution in [0.4, 0.5) is 0 Å². The SMILES string of the molecule is COCCN(C)C(CN)c1ccc(C(C)C)cc1. The van der Waals surface area contributed by atoms with Gasteiger partial charge in [0.05, 0.1) is 6.61 Å². The van der Waals surface area contributed by atoms with E-state index in [1.807, 2.05) is 0 Å². The zero-order valence-corrected chi connectivity index (χ0v) is 12.0. The van der Waals surface area contributed by atoms with Gasteiger partial charge in [-0.2, -0.15) is 0 Å². The Bertz CT molecular complexity index is 335. The summed E-state index contributed by atoms with van der Waals surface area (Å²) >= 11 is 0. The van der Waals surface area contributed by atoms with Crippen LogP contribution in [0, 0.1) is 0 Å². The molecule has 1 atom stereocenters. The van der Waals surface area contributed by atoms with Crippen molar-refractivity contribution in [2.75, 3.05) is 33.9 Å². The molecule has 0 radical (unpaired) electrons. The van der Waals surface area contributed by atoms with E-state index in [1.54, 1.807) is 7.11 Å². The number of likely N-dealkylation sites (N-methyl/N-ethyl adjacent to an activating group) is 1. The Morgan fingerprint density at radius 3 is 2.17 bits per heavy atom. The lowest BCUT2D eigenvalue weighted by Crippen LogP contribution is -2.32. The molecule has 0 aromatic heterocycles. The van der Waals surface area contributed by atoms with Gasteiger partial charge < -0.3 is 10.5 Å². The highest BCUT2D eigenvalue weighted by Gasteiger charge is 2.15. The summed E-state index contributed by atoms with van der Waals surface area (Å²) in [6.07, 6.45) is 0. The first-order chi connectivity index (χ1) is 8.60. The van der Waals surface area contributed by atoms with Gasteiger partial charge in [-0.3, -0.25) is 4.90 Å². The molecule has 0 aliphatic heterocycles. The van der Waals surface area contributed by atoms with Crippen LogP contribution < -0.4 is 5.73 Å². The highest BCUT2D eigenvalue weighted by Crippen LogP contribution is 2.21. The van der Waals surface area contributed by atoms with Gasteiger partial charge in [0.1, 0.15) is 0 Å². The predicted molar refractivity (Wildman–Crippen MR) is 76.8 cm³/mol. The number of ether oxygens (including phenoxy) is 1. The lowest BCUT2D eigenvalue weighted by Gasteiger charge is -2.27. The van der Waals surface area contributed by atoms with Crippen LogP contribution >= 0.6 is 0 Å². The quantitative estimate of drug-likeness (QED) is 0.807. The van der Waals surface area contributed by atoms with Crippen molar-refractivity contribution in [1.82, 2.24) is 4.90 Å². The fourth-order valence-corrected chi connectivity index (χ4v) is 2.06. The Morgan fingerprint density at radius 1 is 1.17 bits per heavy atom. The van der Waals surface area contributed by atoms with Crippen LogP contribution in [0.2, 0.25) is 0 Å². The van der Waals surface area contributed by atoms with E-state index in [-0.39, 0.29) is 6.04 Å². The second-order valence-corrected chi connectivity index (χ2v) is 5.05. The van der Waals surface area contributed by atoms with E-state index < -0.39 is 0 Å². The number of benzene rings is 1. The second kappa shape index (κ2) is 7.52. The maximum absolute atomic E-state index is 5.89. The third-order valence-corrected chi connectivity index (χ3v) is 3.39. The molecule has 0 saturated carbocycles. The van der Waals surface area contributed by atoms with Gasteiger partial charge in [-0.15, -0.1) is 0 Å². The normalized spacial score (nSPS) is 13.3. The minimum absolute atomic E-state index is 0.265. The van der Waals surface area contributed by atoms with Gasteiger partial charge in [0.25, 0.3) is 0 Å². The van der Waals surface area contributed by atoms with Gasteiger partial charge in [-0.05, 0) is 24.1 Å². The minimum atomic E-state index is 0.265. The van der Waals surface area contributed by atoms with Crippen LogP contribution in [0.15, 0.2) is 24.3 Å². The van der Waals surface area contributed by atoms with Gasteiger partial charge >= 0.3 is 0 Å². The van der Waals surface area contributed by atoms with Crippen molar-refractivity contribution in [2.45, 2.75) is 25.8 Å². The summed E-state index contributed by atoms with van der Waals surface area (Å²) in [5.74, 6) is 0.571. The molecule has 1 aromatic rings. The van der Waals surface area contributed by atoms with E-state index in [1.165, 1.54) is 11.1 Å². The third-order valence-electron chi connectivity index (χ3n) is 3.39. The predicted octanol–water partition coefficient (Wildman–Crippen LogP) is 2.39. The van der Waals surface area contributed by atoms with Crippen LogP contribution in [0.5, 0.6) is 0 Å². The lowest BCUT2D eigenvalue weighted by atomic mass is 9.98.